The summed E-state index contributed by atoms with van der Waals surface area (Å²) in [5.74, 6) is 0.162. The monoisotopic (exact) mass is 319 g/mol. The van der Waals surface area contributed by atoms with E-state index in [0.29, 0.717) is 0 Å². The number of carbonyl (C=O) groups excluding carboxylic acids is 1. The number of carbonyl (C=O) groups is 1. The van der Waals surface area contributed by atoms with E-state index in [-0.39, 0.29) is 18.2 Å². The SMILES string of the molecule is Cc1ccc(-n2ccnc2SCC(=O)NCC(C)O)cc1C. The van der Waals surface area contributed by atoms with E-state index in [2.05, 4.69) is 36.3 Å². The highest BCUT2D eigenvalue weighted by atomic mass is 32.2. The van der Waals surface area contributed by atoms with Crippen molar-refractivity contribution in [3.05, 3.63) is 41.7 Å². The van der Waals surface area contributed by atoms with Crippen LogP contribution in [0.25, 0.3) is 5.69 Å². The van der Waals surface area contributed by atoms with Crippen LogP contribution in [0.4, 0.5) is 0 Å². The molecule has 1 heterocycles. The van der Waals surface area contributed by atoms with Gasteiger partial charge in [0.15, 0.2) is 5.16 Å². The number of nitrogens with one attached hydrogen (secondary N) is 1. The summed E-state index contributed by atoms with van der Waals surface area (Å²) in [4.78, 5) is 16.0. The normalized spacial score (nSPS) is 12.2. The standard InChI is InChI=1S/C16H21N3O2S/c1-11-4-5-14(8-12(11)2)19-7-6-17-16(19)22-10-15(21)18-9-13(3)20/h4-8,13,20H,9-10H2,1-3H3,(H,18,21). The fourth-order valence-corrected chi connectivity index (χ4v) is 2.71. The number of hydrogen-bond acceptors (Lipinski definition) is 4. The van der Waals surface area contributed by atoms with E-state index in [1.165, 1.54) is 22.9 Å². The third-order valence-electron chi connectivity index (χ3n) is 3.30. The molecule has 2 rings (SSSR count). The molecule has 1 aromatic carbocycles. The highest BCUT2D eigenvalue weighted by Crippen LogP contribution is 2.21. The van der Waals surface area contributed by atoms with Crippen LogP contribution in [-0.4, -0.2) is 39.0 Å². The minimum absolute atomic E-state index is 0.111. The van der Waals surface area contributed by atoms with Gasteiger partial charge in [-0.1, -0.05) is 17.8 Å². The van der Waals surface area contributed by atoms with Crippen LogP contribution in [0.5, 0.6) is 0 Å². The van der Waals surface area contributed by atoms with Crippen molar-refractivity contribution in [2.45, 2.75) is 32.0 Å². The fourth-order valence-electron chi connectivity index (χ4n) is 1.91. The van der Waals surface area contributed by atoms with E-state index in [1.807, 2.05) is 16.8 Å². The van der Waals surface area contributed by atoms with Gasteiger partial charge >= 0.3 is 0 Å². The number of benzene rings is 1. The average Bonchev–Trinajstić information content (AvgIpc) is 2.94. The van der Waals surface area contributed by atoms with Gasteiger partial charge in [0.05, 0.1) is 11.9 Å². The molecule has 5 nitrogen and oxygen atoms in total. The van der Waals surface area contributed by atoms with Crippen molar-refractivity contribution in [3.8, 4) is 5.69 Å². The van der Waals surface area contributed by atoms with E-state index < -0.39 is 6.10 Å². The molecule has 1 amide bonds. The molecule has 2 aromatic rings. The molecular formula is C16H21N3O2S. The molecule has 118 valence electrons. The Morgan fingerprint density at radius 2 is 2.18 bits per heavy atom. The van der Waals surface area contributed by atoms with Crippen LogP contribution in [-0.2, 0) is 4.79 Å². The Labute approximate surface area is 134 Å². The molecule has 0 aliphatic rings. The van der Waals surface area contributed by atoms with Gasteiger partial charge in [-0.3, -0.25) is 9.36 Å². The van der Waals surface area contributed by atoms with Gasteiger partial charge in [0, 0.05) is 24.6 Å². The van der Waals surface area contributed by atoms with Crippen LogP contribution >= 0.6 is 11.8 Å². The van der Waals surface area contributed by atoms with Crippen molar-refractivity contribution in [1.29, 1.82) is 0 Å². The highest BCUT2D eigenvalue weighted by molar-refractivity contribution is 7.99. The number of aryl methyl sites for hydroxylation is 2. The zero-order chi connectivity index (χ0) is 16.1. The number of thioether (sulfide) groups is 1. The number of aliphatic hydroxyl groups excluding tert-OH is 1. The molecule has 1 atom stereocenters. The molecule has 1 aromatic heterocycles. The van der Waals surface area contributed by atoms with Crippen molar-refractivity contribution >= 4 is 17.7 Å². The number of hydrogen-bond donors (Lipinski definition) is 2. The Morgan fingerprint density at radius 1 is 1.41 bits per heavy atom. The Bertz CT molecular complexity index is 653. The minimum atomic E-state index is -0.536. The summed E-state index contributed by atoms with van der Waals surface area (Å²) in [5, 5.41) is 12.6. The summed E-state index contributed by atoms with van der Waals surface area (Å²) < 4.78 is 1.97. The van der Waals surface area contributed by atoms with E-state index in [0.717, 1.165) is 10.8 Å². The largest absolute Gasteiger partial charge is 0.392 e. The average molecular weight is 319 g/mol. The molecule has 2 N–H and O–H groups in total. The van der Waals surface area contributed by atoms with Crippen molar-refractivity contribution < 1.29 is 9.90 Å². The third kappa shape index (κ3) is 4.35. The Kier molecular flexibility index (Phi) is 5.63. The maximum Gasteiger partial charge on any atom is 0.230 e. The Morgan fingerprint density at radius 3 is 2.86 bits per heavy atom. The zero-order valence-electron chi connectivity index (χ0n) is 13.0. The van der Waals surface area contributed by atoms with Gasteiger partial charge in [0.1, 0.15) is 0 Å². The fraction of sp³-hybridized carbons (Fsp3) is 0.375. The van der Waals surface area contributed by atoms with E-state index in [1.54, 1.807) is 13.1 Å². The van der Waals surface area contributed by atoms with Crippen molar-refractivity contribution in [2.75, 3.05) is 12.3 Å². The summed E-state index contributed by atoms with van der Waals surface area (Å²) in [6, 6.07) is 6.23. The van der Waals surface area contributed by atoms with Crippen LogP contribution < -0.4 is 5.32 Å². The van der Waals surface area contributed by atoms with Crippen LogP contribution in [0.3, 0.4) is 0 Å². The first-order valence-electron chi connectivity index (χ1n) is 7.16. The lowest BCUT2D eigenvalue weighted by Gasteiger charge is -2.10. The number of aromatic nitrogens is 2. The zero-order valence-corrected chi connectivity index (χ0v) is 13.9. The number of aliphatic hydroxyl groups is 1. The topological polar surface area (TPSA) is 67.2 Å². The Hall–Kier alpha value is -1.79. The lowest BCUT2D eigenvalue weighted by Crippen LogP contribution is -2.31. The van der Waals surface area contributed by atoms with Crippen molar-refractivity contribution in [3.63, 3.8) is 0 Å². The molecule has 0 fully saturated rings. The minimum Gasteiger partial charge on any atom is -0.392 e. The summed E-state index contributed by atoms with van der Waals surface area (Å²) in [6.45, 7) is 6.06. The molecule has 0 bridgehead atoms. The number of nitrogens with zero attached hydrogens (tertiary/aromatic N) is 2. The second-order valence-electron chi connectivity index (χ2n) is 5.29. The van der Waals surface area contributed by atoms with E-state index in [4.69, 9.17) is 5.11 Å². The van der Waals surface area contributed by atoms with E-state index >= 15 is 0 Å². The molecule has 1 unspecified atom stereocenters. The number of rotatable bonds is 6. The van der Waals surface area contributed by atoms with Crippen molar-refractivity contribution in [2.24, 2.45) is 0 Å². The molecule has 22 heavy (non-hydrogen) atoms. The van der Waals surface area contributed by atoms with Gasteiger partial charge in [-0.2, -0.15) is 0 Å². The maximum absolute atomic E-state index is 11.7. The first-order chi connectivity index (χ1) is 10.5. The molecule has 0 saturated heterocycles. The summed E-state index contributed by atoms with van der Waals surface area (Å²) in [7, 11) is 0. The molecule has 0 saturated carbocycles. The molecular weight excluding hydrogens is 298 g/mol. The molecule has 0 aliphatic heterocycles. The predicted octanol–water partition coefficient (Wildman–Crippen LogP) is 2.08. The van der Waals surface area contributed by atoms with Gasteiger partial charge in [-0.05, 0) is 44.0 Å². The third-order valence-corrected chi connectivity index (χ3v) is 4.27. The smallest absolute Gasteiger partial charge is 0.230 e. The second kappa shape index (κ2) is 7.47. The summed E-state index contributed by atoms with van der Waals surface area (Å²) >= 11 is 1.38. The Balaban J connectivity index is 2.03. The van der Waals surface area contributed by atoms with Gasteiger partial charge in [0.25, 0.3) is 0 Å². The van der Waals surface area contributed by atoms with Crippen LogP contribution in [0, 0.1) is 13.8 Å². The quantitative estimate of drug-likeness (QED) is 0.800. The predicted molar refractivity (Wildman–Crippen MR) is 88.5 cm³/mol. The van der Waals surface area contributed by atoms with Gasteiger partial charge in [0.2, 0.25) is 5.91 Å². The van der Waals surface area contributed by atoms with Gasteiger partial charge < -0.3 is 10.4 Å². The molecule has 0 spiro atoms. The van der Waals surface area contributed by atoms with Gasteiger partial charge in [-0.15, -0.1) is 0 Å². The highest BCUT2D eigenvalue weighted by Gasteiger charge is 2.10. The van der Waals surface area contributed by atoms with Crippen LogP contribution in [0.2, 0.25) is 0 Å². The molecule has 0 aliphatic carbocycles. The second-order valence-corrected chi connectivity index (χ2v) is 6.23. The maximum atomic E-state index is 11.7. The van der Waals surface area contributed by atoms with E-state index in [9.17, 15) is 4.79 Å². The van der Waals surface area contributed by atoms with Crippen LogP contribution in [0.1, 0.15) is 18.1 Å². The lowest BCUT2D eigenvalue weighted by atomic mass is 10.1. The summed E-state index contributed by atoms with van der Waals surface area (Å²) in [6.07, 6.45) is 3.08. The van der Waals surface area contributed by atoms with Crippen LogP contribution in [0.15, 0.2) is 35.7 Å². The van der Waals surface area contributed by atoms with Crippen molar-refractivity contribution in [1.82, 2.24) is 14.9 Å². The summed E-state index contributed by atoms with van der Waals surface area (Å²) in [5.41, 5.74) is 3.50. The number of imidazole rings is 1. The first-order valence-corrected chi connectivity index (χ1v) is 8.14. The first kappa shape index (κ1) is 16.6. The molecule has 0 radical (unpaired) electrons. The van der Waals surface area contributed by atoms with Gasteiger partial charge in [-0.25, -0.2) is 4.98 Å². The number of amides is 1. The lowest BCUT2D eigenvalue weighted by molar-refractivity contribution is -0.118. The molecule has 6 heteroatoms.